The molecule has 1 aliphatic heterocycles. The third-order valence-electron chi connectivity index (χ3n) is 3.93. The average molecular weight is 332 g/mol. The number of nitrogens with zero attached hydrogens (tertiary/aromatic N) is 5. The molecule has 3 rings (SSSR count). The number of aryl methyl sites for hydroxylation is 1. The Balaban J connectivity index is 1.57. The van der Waals surface area contributed by atoms with Crippen molar-refractivity contribution < 1.29 is 9.66 Å². The molecule has 0 saturated carbocycles. The minimum atomic E-state index is -0.435. The van der Waals surface area contributed by atoms with Gasteiger partial charge >= 0.3 is 0 Å². The van der Waals surface area contributed by atoms with Crippen LogP contribution in [0.15, 0.2) is 24.7 Å². The van der Waals surface area contributed by atoms with Crippen molar-refractivity contribution in [3.05, 3.63) is 40.3 Å². The summed E-state index contributed by atoms with van der Waals surface area (Å²) in [7, 11) is 0. The summed E-state index contributed by atoms with van der Waals surface area (Å²) in [6.45, 7) is 6.91. The molecular weight excluding hydrogens is 312 g/mol. The van der Waals surface area contributed by atoms with E-state index in [1.165, 1.54) is 6.20 Å². The number of hydrogen-bond donors (Lipinski definition) is 1. The van der Waals surface area contributed by atoms with E-state index in [0.29, 0.717) is 11.4 Å². The first kappa shape index (κ1) is 16.3. The highest BCUT2D eigenvalue weighted by molar-refractivity contribution is 5.56. The van der Waals surface area contributed by atoms with E-state index in [9.17, 15) is 10.1 Å². The second-order valence-corrected chi connectivity index (χ2v) is 5.68. The zero-order valence-corrected chi connectivity index (χ0v) is 13.5. The Morgan fingerprint density at radius 3 is 2.83 bits per heavy atom. The number of rotatable bonds is 6. The molecule has 9 nitrogen and oxygen atoms in total. The number of ether oxygens (including phenoxy) is 1. The second kappa shape index (κ2) is 7.37. The largest absolute Gasteiger partial charge is 0.379 e. The van der Waals surface area contributed by atoms with Gasteiger partial charge in [-0.25, -0.2) is 4.98 Å². The Morgan fingerprint density at radius 1 is 1.33 bits per heavy atom. The molecule has 0 unspecified atom stereocenters. The lowest BCUT2D eigenvalue weighted by atomic mass is 10.2. The van der Waals surface area contributed by atoms with Crippen LogP contribution in [0, 0.1) is 17.0 Å². The van der Waals surface area contributed by atoms with Crippen molar-refractivity contribution in [2.24, 2.45) is 0 Å². The van der Waals surface area contributed by atoms with E-state index < -0.39 is 4.92 Å². The fourth-order valence-electron chi connectivity index (χ4n) is 2.58. The van der Waals surface area contributed by atoms with Crippen molar-refractivity contribution in [2.75, 3.05) is 38.2 Å². The summed E-state index contributed by atoms with van der Waals surface area (Å²) >= 11 is 0. The maximum absolute atomic E-state index is 10.8. The normalized spacial score (nSPS) is 15.4. The van der Waals surface area contributed by atoms with Crippen molar-refractivity contribution in [3.63, 3.8) is 0 Å². The highest BCUT2D eigenvalue weighted by Gasteiger charge is 2.12. The van der Waals surface area contributed by atoms with Gasteiger partial charge in [-0.15, -0.1) is 0 Å². The number of morpholine rings is 1. The van der Waals surface area contributed by atoms with Crippen LogP contribution in [0.5, 0.6) is 0 Å². The van der Waals surface area contributed by atoms with Gasteiger partial charge in [0.1, 0.15) is 12.0 Å². The number of anilines is 2. The highest BCUT2D eigenvalue weighted by atomic mass is 16.6. The van der Waals surface area contributed by atoms with Crippen molar-refractivity contribution >= 4 is 17.2 Å². The number of nitrogens with one attached hydrogen (secondary N) is 1. The second-order valence-electron chi connectivity index (χ2n) is 5.68. The third-order valence-corrected chi connectivity index (χ3v) is 3.93. The van der Waals surface area contributed by atoms with Gasteiger partial charge in [-0.3, -0.25) is 19.7 Å². The highest BCUT2D eigenvalue weighted by Crippen LogP contribution is 2.21. The molecule has 1 saturated heterocycles. The summed E-state index contributed by atoms with van der Waals surface area (Å²) in [4.78, 5) is 16.8. The van der Waals surface area contributed by atoms with E-state index in [-0.39, 0.29) is 5.69 Å². The van der Waals surface area contributed by atoms with E-state index in [1.54, 1.807) is 19.2 Å². The molecule has 24 heavy (non-hydrogen) atoms. The Bertz CT molecular complexity index is 711. The molecule has 2 aromatic heterocycles. The van der Waals surface area contributed by atoms with Crippen LogP contribution in [0.3, 0.4) is 0 Å². The maximum Gasteiger partial charge on any atom is 0.290 e. The summed E-state index contributed by atoms with van der Waals surface area (Å²) in [5.41, 5.74) is 1.39. The van der Waals surface area contributed by atoms with E-state index >= 15 is 0 Å². The van der Waals surface area contributed by atoms with E-state index in [1.807, 2.05) is 10.9 Å². The van der Waals surface area contributed by atoms with Gasteiger partial charge in [0.05, 0.1) is 36.6 Å². The van der Waals surface area contributed by atoms with Gasteiger partial charge in [0.2, 0.25) is 0 Å². The zero-order chi connectivity index (χ0) is 16.9. The zero-order valence-electron chi connectivity index (χ0n) is 13.5. The van der Waals surface area contributed by atoms with Crippen LogP contribution in [0.2, 0.25) is 0 Å². The van der Waals surface area contributed by atoms with Gasteiger partial charge < -0.3 is 10.1 Å². The Hall–Kier alpha value is -2.52. The number of hydrogen-bond acceptors (Lipinski definition) is 7. The number of aromatic nitrogens is 3. The predicted molar refractivity (Wildman–Crippen MR) is 88.4 cm³/mol. The molecule has 3 heterocycles. The SMILES string of the molecule is Cc1cc(Nc2cnn(CCN3CCOCC3)c2)ncc1[N+](=O)[O-]. The first-order valence-electron chi connectivity index (χ1n) is 7.82. The molecule has 1 N–H and O–H groups in total. The molecule has 0 bridgehead atoms. The molecule has 1 fully saturated rings. The van der Waals surface area contributed by atoms with Gasteiger partial charge in [0.25, 0.3) is 5.69 Å². The first-order valence-corrected chi connectivity index (χ1v) is 7.82. The molecule has 0 atom stereocenters. The average Bonchev–Trinajstić information content (AvgIpc) is 3.01. The standard InChI is InChI=1S/C15H20N6O3/c1-12-8-15(16-10-14(12)21(22)23)18-13-9-17-20(11-13)3-2-19-4-6-24-7-5-19/h8-11H,2-7H2,1H3,(H,16,18). The third kappa shape index (κ3) is 4.06. The van der Waals surface area contributed by atoms with Gasteiger partial charge in [0, 0.05) is 31.4 Å². The lowest BCUT2D eigenvalue weighted by molar-refractivity contribution is -0.385. The van der Waals surface area contributed by atoms with Gasteiger partial charge in [-0.1, -0.05) is 0 Å². The molecule has 2 aromatic rings. The molecule has 0 radical (unpaired) electrons. The molecule has 0 aliphatic carbocycles. The van der Waals surface area contributed by atoms with Crippen LogP contribution in [0.25, 0.3) is 0 Å². The van der Waals surface area contributed by atoms with Crippen LogP contribution < -0.4 is 5.32 Å². The van der Waals surface area contributed by atoms with E-state index in [4.69, 9.17) is 4.74 Å². The molecule has 0 amide bonds. The summed E-state index contributed by atoms with van der Waals surface area (Å²) in [5.74, 6) is 0.561. The van der Waals surface area contributed by atoms with Crippen LogP contribution in [-0.2, 0) is 11.3 Å². The lowest BCUT2D eigenvalue weighted by Crippen LogP contribution is -2.38. The van der Waals surface area contributed by atoms with Crippen molar-refractivity contribution in [3.8, 4) is 0 Å². The fraction of sp³-hybridized carbons (Fsp3) is 0.467. The molecule has 1 aliphatic rings. The smallest absolute Gasteiger partial charge is 0.290 e. The van der Waals surface area contributed by atoms with Gasteiger partial charge in [0.15, 0.2) is 0 Å². The van der Waals surface area contributed by atoms with Crippen LogP contribution in [0.4, 0.5) is 17.2 Å². The maximum atomic E-state index is 10.8. The molecule has 128 valence electrons. The Morgan fingerprint density at radius 2 is 2.12 bits per heavy atom. The first-order chi connectivity index (χ1) is 11.6. The summed E-state index contributed by atoms with van der Waals surface area (Å²) in [6, 6.07) is 1.66. The molecule has 0 aromatic carbocycles. The minimum Gasteiger partial charge on any atom is -0.379 e. The monoisotopic (exact) mass is 332 g/mol. The summed E-state index contributed by atoms with van der Waals surface area (Å²) in [6.07, 6.45) is 4.89. The van der Waals surface area contributed by atoms with Gasteiger partial charge in [-0.05, 0) is 13.0 Å². The fourth-order valence-corrected chi connectivity index (χ4v) is 2.58. The molecule has 0 spiro atoms. The van der Waals surface area contributed by atoms with E-state index in [2.05, 4.69) is 20.3 Å². The molecule has 9 heteroatoms. The number of pyridine rings is 1. The van der Waals surface area contributed by atoms with Crippen LogP contribution in [-0.4, -0.2) is 57.4 Å². The van der Waals surface area contributed by atoms with Crippen molar-refractivity contribution in [1.29, 1.82) is 0 Å². The number of nitro groups is 1. The summed E-state index contributed by atoms with van der Waals surface area (Å²) in [5, 5.41) is 18.3. The minimum absolute atomic E-state index is 0.0155. The van der Waals surface area contributed by atoms with Crippen molar-refractivity contribution in [2.45, 2.75) is 13.5 Å². The quantitative estimate of drug-likeness (QED) is 0.633. The van der Waals surface area contributed by atoms with Crippen LogP contribution in [0.1, 0.15) is 5.56 Å². The summed E-state index contributed by atoms with van der Waals surface area (Å²) < 4.78 is 7.20. The lowest BCUT2D eigenvalue weighted by Gasteiger charge is -2.26. The Kier molecular flexibility index (Phi) is 5.02. The van der Waals surface area contributed by atoms with Gasteiger partial charge in [-0.2, -0.15) is 5.10 Å². The van der Waals surface area contributed by atoms with Crippen LogP contribution >= 0.6 is 0 Å². The van der Waals surface area contributed by atoms with Crippen molar-refractivity contribution in [1.82, 2.24) is 19.7 Å². The Labute approximate surface area is 139 Å². The topological polar surface area (TPSA) is 98.4 Å². The van der Waals surface area contributed by atoms with E-state index in [0.717, 1.165) is 45.1 Å². The molecular formula is C15H20N6O3. The predicted octanol–water partition coefficient (Wildman–Crippen LogP) is 1.57.